The number of carbonyl (C=O) groups is 4. The van der Waals surface area contributed by atoms with Crippen LogP contribution in [0.3, 0.4) is 0 Å². The maximum absolute atomic E-state index is 13.9. The fourth-order valence-electron chi connectivity index (χ4n) is 5.80. The summed E-state index contributed by atoms with van der Waals surface area (Å²) in [4.78, 5) is 56.5. The number of fused-ring (bicyclic) bond motifs is 2. The van der Waals surface area contributed by atoms with Crippen LogP contribution in [-0.4, -0.2) is 139 Å². The van der Waals surface area contributed by atoms with Crippen molar-refractivity contribution in [2.24, 2.45) is 0 Å². The van der Waals surface area contributed by atoms with E-state index in [-0.39, 0.29) is 22.5 Å². The second kappa shape index (κ2) is 12.9. The lowest BCUT2D eigenvalue weighted by Crippen LogP contribution is -2.58. The molecule has 18 nitrogen and oxygen atoms in total. The zero-order valence-corrected chi connectivity index (χ0v) is 24.5. The summed E-state index contributed by atoms with van der Waals surface area (Å²) in [5.41, 5.74) is -1.46. The van der Waals surface area contributed by atoms with Gasteiger partial charge in [-0.2, -0.15) is 0 Å². The summed E-state index contributed by atoms with van der Waals surface area (Å²) in [5, 5.41) is 79.7. The molecule has 2 saturated heterocycles. The second-order valence-corrected chi connectivity index (χ2v) is 11.3. The summed E-state index contributed by atoms with van der Waals surface area (Å²) in [6.45, 7) is -1.60. The number of aliphatic hydroxyl groups is 8. The molecule has 2 aromatic rings. The molecule has 256 valence electrons. The van der Waals surface area contributed by atoms with Gasteiger partial charge in [0.05, 0.1) is 11.4 Å². The van der Waals surface area contributed by atoms with E-state index in [4.69, 9.17) is 18.9 Å². The molecule has 4 heterocycles. The predicted molar refractivity (Wildman–Crippen MR) is 154 cm³/mol. The highest BCUT2D eigenvalue weighted by Gasteiger charge is 2.49. The van der Waals surface area contributed by atoms with Crippen molar-refractivity contribution in [3.05, 3.63) is 71.1 Å². The minimum Gasteiger partial charge on any atom is -0.446 e. The molecular weight excluding hydrogens is 644 g/mol. The van der Waals surface area contributed by atoms with Crippen molar-refractivity contribution < 1.29 is 79.0 Å². The number of nitrogens with zero attached hydrogens (tertiary/aromatic N) is 2. The van der Waals surface area contributed by atoms with Crippen molar-refractivity contribution in [1.29, 1.82) is 0 Å². The van der Waals surface area contributed by atoms with Crippen LogP contribution in [0.4, 0.5) is 21.0 Å². The molecule has 4 aliphatic heterocycles. The van der Waals surface area contributed by atoms with Gasteiger partial charge in [0.1, 0.15) is 73.4 Å². The van der Waals surface area contributed by atoms with E-state index < -0.39 is 110 Å². The summed E-state index contributed by atoms with van der Waals surface area (Å²) in [5.74, 6) is -1.74. The largest absolute Gasteiger partial charge is 0.446 e. The third-order valence-corrected chi connectivity index (χ3v) is 8.36. The summed E-state index contributed by atoms with van der Waals surface area (Å²) in [7, 11) is 0. The lowest BCUT2D eigenvalue weighted by atomic mass is 9.99. The molecule has 48 heavy (non-hydrogen) atoms. The topological polar surface area (TPSA) is 274 Å². The van der Waals surface area contributed by atoms with E-state index in [1.54, 1.807) is 0 Å². The lowest BCUT2D eigenvalue weighted by Gasteiger charge is -2.38. The zero-order chi connectivity index (χ0) is 34.6. The summed E-state index contributed by atoms with van der Waals surface area (Å²) in [6.07, 6.45) is -20.5. The third kappa shape index (κ3) is 5.52. The first-order valence-electron chi connectivity index (χ1n) is 14.5. The number of carbonyl (C=O) groups excluding carboxylic acids is 4. The first-order valence-corrected chi connectivity index (χ1v) is 14.5. The van der Waals surface area contributed by atoms with Crippen LogP contribution < -0.4 is 9.80 Å². The molecule has 4 aliphatic rings. The van der Waals surface area contributed by atoms with Crippen LogP contribution in [0.5, 0.6) is 0 Å². The van der Waals surface area contributed by atoms with Crippen LogP contribution in [0.15, 0.2) is 59.9 Å². The minimum absolute atomic E-state index is 0.0482. The molecule has 2 aromatic carbocycles. The first-order chi connectivity index (χ1) is 22.8. The van der Waals surface area contributed by atoms with Gasteiger partial charge in [-0.05, 0) is 24.3 Å². The smallest absolute Gasteiger partial charge is 0.419 e. The average Bonchev–Trinajstić information content (AvgIpc) is 3.54. The maximum Gasteiger partial charge on any atom is 0.419 e. The molecule has 0 saturated carbocycles. The SMILES string of the molecule is O=C1/C(=C2/C(=O)c3ccccc3N2C(=O)OCC2OC(O)C(O)C(O)C2O)N(C(=O)OCC2OC(O)C(O)C(O)C2O)c2ccccc21. The van der Waals surface area contributed by atoms with Gasteiger partial charge < -0.3 is 59.8 Å². The van der Waals surface area contributed by atoms with E-state index >= 15 is 0 Å². The molecule has 18 heteroatoms. The van der Waals surface area contributed by atoms with Crippen LogP contribution in [0.1, 0.15) is 20.7 Å². The standard InChI is InChI=1S/C30H30N2O16/c33-19-11-5-1-3-7-13(11)31(29(43)45-9-15-21(35)23(37)25(39)27(41)47-15)17(19)18-20(34)12-6-2-4-8-14(12)32(18)30(44)46-10-16-22(36)24(38)26(40)28(42)48-16/h1-8,15-16,21-28,35-42H,9-10H2/b18-17+. The number of hydrogen-bond donors (Lipinski definition) is 8. The number of ketones is 2. The van der Waals surface area contributed by atoms with E-state index in [9.17, 15) is 60.0 Å². The molecule has 10 unspecified atom stereocenters. The second-order valence-electron chi connectivity index (χ2n) is 11.3. The number of para-hydroxylation sites is 2. The van der Waals surface area contributed by atoms with Crippen molar-refractivity contribution >= 4 is 35.1 Å². The quantitative estimate of drug-likeness (QED) is 0.155. The summed E-state index contributed by atoms with van der Waals surface area (Å²) in [6, 6.07) is 11.4. The first kappa shape index (κ1) is 33.6. The Bertz CT molecular complexity index is 1550. The van der Waals surface area contributed by atoms with Gasteiger partial charge >= 0.3 is 12.2 Å². The van der Waals surface area contributed by atoms with Gasteiger partial charge in [0.2, 0.25) is 11.6 Å². The van der Waals surface area contributed by atoms with Gasteiger partial charge in [0, 0.05) is 11.1 Å². The number of anilines is 2. The molecule has 2 amide bonds. The highest BCUT2D eigenvalue weighted by molar-refractivity contribution is 6.33. The maximum atomic E-state index is 13.9. The normalized spacial score (nSPS) is 34.6. The van der Waals surface area contributed by atoms with Crippen molar-refractivity contribution in [2.75, 3.05) is 23.0 Å². The molecule has 8 N–H and O–H groups in total. The Kier molecular flexibility index (Phi) is 9.04. The Labute approximate surface area is 269 Å². The molecule has 0 bridgehead atoms. The number of Topliss-reactive ketones (excluding diaryl/α,β-unsaturated/α-hetero) is 2. The van der Waals surface area contributed by atoms with Crippen LogP contribution in [0.25, 0.3) is 0 Å². The number of aliphatic hydroxyl groups excluding tert-OH is 8. The zero-order valence-electron chi connectivity index (χ0n) is 24.5. The molecule has 0 aromatic heterocycles. The lowest BCUT2D eigenvalue weighted by molar-refractivity contribution is -0.286. The van der Waals surface area contributed by atoms with Crippen molar-refractivity contribution in [3.8, 4) is 0 Å². The molecule has 0 aliphatic carbocycles. The van der Waals surface area contributed by atoms with Crippen LogP contribution in [-0.2, 0) is 18.9 Å². The van der Waals surface area contributed by atoms with Crippen molar-refractivity contribution in [3.63, 3.8) is 0 Å². The van der Waals surface area contributed by atoms with E-state index in [2.05, 4.69) is 0 Å². The predicted octanol–water partition coefficient (Wildman–Crippen LogP) is -2.52. The number of amides is 2. The molecule has 2 fully saturated rings. The van der Waals surface area contributed by atoms with Crippen LogP contribution >= 0.6 is 0 Å². The number of ether oxygens (including phenoxy) is 4. The minimum atomic E-state index is -1.93. The summed E-state index contributed by atoms with van der Waals surface area (Å²) < 4.78 is 20.7. The van der Waals surface area contributed by atoms with Gasteiger partial charge in [-0.25, -0.2) is 19.4 Å². The van der Waals surface area contributed by atoms with Crippen LogP contribution in [0, 0.1) is 0 Å². The highest BCUT2D eigenvalue weighted by atomic mass is 16.7. The van der Waals surface area contributed by atoms with Gasteiger partial charge in [0.25, 0.3) is 0 Å². The Hall–Kier alpha value is -4.34. The number of allylic oxidation sites excluding steroid dienone is 2. The molecule has 10 atom stereocenters. The van der Waals surface area contributed by atoms with Gasteiger partial charge in [-0.1, -0.05) is 24.3 Å². The van der Waals surface area contributed by atoms with E-state index in [1.165, 1.54) is 48.5 Å². The fourth-order valence-corrected chi connectivity index (χ4v) is 5.80. The molecule has 0 radical (unpaired) electrons. The number of hydrogen-bond acceptors (Lipinski definition) is 16. The average molecular weight is 675 g/mol. The monoisotopic (exact) mass is 674 g/mol. The Morgan fingerprint density at radius 2 is 0.917 bits per heavy atom. The number of rotatable bonds is 4. The van der Waals surface area contributed by atoms with Gasteiger partial charge in [0.15, 0.2) is 12.6 Å². The van der Waals surface area contributed by atoms with Crippen LogP contribution in [0.2, 0.25) is 0 Å². The molecule has 6 rings (SSSR count). The van der Waals surface area contributed by atoms with E-state index in [1.807, 2.05) is 0 Å². The fraction of sp³-hybridized carbons (Fsp3) is 0.400. The van der Waals surface area contributed by atoms with E-state index in [0.717, 1.165) is 9.80 Å². The van der Waals surface area contributed by atoms with E-state index in [0.29, 0.717) is 0 Å². The van der Waals surface area contributed by atoms with Gasteiger partial charge in [-0.3, -0.25) is 9.59 Å². The Morgan fingerprint density at radius 3 is 1.29 bits per heavy atom. The third-order valence-electron chi connectivity index (χ3n) is 8.36. The molecular formula is C30H30N2O16. The van der Waals surface area contributed by atoms with Crippen molar-refractivity contribution in [1.82, 2.24) is 0 Å². The number of benzene rings is 2. The Balaban J connectivity index is 1.34. The Morgan fingerprint density at radius 1 is 0.562 bits per heavy atom. The molecule has 0 spiro atoms. The van der Waals surface area contributed by atoms with Gasteiger partial charge in [-0.15, -0.1) is 0 Å². The van der Waals surface area contributed by atoms with Crippen molar-refractivity contribution in [2.45, 2.75) is 61.4 Å². The highest BCUT2D eigenvalue weighted by Crippen LogP contribution is 2.43. The summed E-state index contributed by atoms with van der Waals surface area (Å²) >= 11 is 0.